The number of halogens is 4. The molecule has 0 bridgehead atoms. The monoisotopic (exact) mass is 508 g/mol. The summed E-state index contributed by atoms with van der Waals surface area (Å²) in [6.45, 7) is 0. The Hall–Kier alpha value is -2.28. The van der Waals surface area contributed by atoms with Gasteiger partial charge in [0, 0.05) is 31.5 Å². The number of carbonyl (C=O) groups excluding carboxylic acids is 2. The fraction of sp³-hybridized carbons (Fsp3) is 0. The molecule has 0 saturated carbocycles. The summed E-state index contributed by atoms with van der Waals surface area (Å²) in [6.07, 6.45) is 0. The highest BCUT2D eigenvalue weighted by molar-refractivity contribution is 7.21. The molecule has 2 amide bonds. The normalized spacial score (nSPS) is 10.8. The molecule has 0 saturated heterocycles. The summed E-state index contributed by atoms with van der Waals surface area (Å²) in [4.78, 5) is 25.7. The molecule has 0 unspecified atom stereocenters. The van der Waals surface area contributed by atoms with E-state index in [0.717, 1.165) is 10.1 Å². The van der Waals surface area contributed by atoms with Crippen LogP contribution in [0.5, 0.6) is 0 Å². The van der Waals surface area contributed by atoms with Crippen molar-refractivity contribution in [1.29, 1.82) is 0 Å². The van der Waals surface area contributed by atoms with Gasteiger partial charge in [-0.15, -0.1) is 11.3 Å². The van der Waals surface area contributed by atoms with Crippen molar-refractivity contribution in [2.24, 2.45) is 0 Å². The van der Waals surface area contributed by atoms with E-state index in [1.807, 2.05) is 0 Å². The highest BCUT2D eigenvalue weighted by Crippen LogP contribution is 2.37. The first kappa shape index (κ1) is 21.9. The Morgan fingerprint density at radius 3 is 2.10 bits per heavy atom. The first-order chi connectivity index (χ1) is 14.8. The molecule has 0 atom stereocenters. The van der Waals surface area contributed by atoms with Crippen molar-refractivity contribution in [1.82, 2.24) is 0 Å². The third-order valence-electron chi connectivity index (χ3n) is 4.35. The molecule has 3 aromatic carbocycles. The van der Waals surface area contributed by atoms with Gasteiger partial charge >= 0.3 is 0 Å². The molecule has 1 aromatic heterocycles. The lowest BCUT2D eigenvalue weighted by molar-refractivity contribution is 0.102. The molecule has 156 valence electrons. The lowest BCUT2D eigenvalue weighted by atomic mass is 10.2. The summed E-state index contributed by atoms with van der Waals surface area (Å²) in [5.74, 6) is -0.749. The third kappa shape index (κ3) is 4.81. The van der Waals surface area contributed by atoms with Crippen molar-refractivity contribution in [2.75, 3.05) is 10.6 Å². The molecule has 4 aromatic rings. The first-order valence-corrected chi connectivity index (χ1v) is 11.2. The molecule has 0 aliphatic heterocycles. The second-order valence-electron chi connectivity index (χ2n) is 6.50. The Morgan fingerprint density at radius 2 is 1.39 bits per heavy atom. The summed E-state index contributed by atoms with van der Waals surface area (Å²) in [5, 5.41) is 7.95. The molecule has 0 aliphatic carbocycles. The quantitative estimate of drug-likeness (QED) is 0.292. The second kappa shape index (κ2) is 9.07. The van der Waals surface area contributed by atoms with Crippen molar-refractivity contribution in [3.8, 4) is 0 Å². The van der Waals surface area contributed by atoms with Crippen molar-refractivity contribution in [2.45, 2.75) is 0 Å². The van der Waals surface area contributed by atoms with E-state index in [-0.39, 0.29) is 16.5 Å². The minimum absolute atomic E-state index is 0.244. The van der Waals surface area contributed by atoms with Crippen LogP contribution in [0.4, 0.5) is 11.4 Å². The molecule has 0 spiro atoms. The molecule has 2 N–H and O–H groups in total. The number of nitrogens with one attached hydrogen (secondary N) is 2. The first-order valence-electron chi connectivity index (χ1n) is 8.87. The van der Waals surface area contributed by atoms with Gasteiger partial charge in [-0.1, -0.05) is 58.5 Å². The van der Waals surface area contributed by atoms with Gasteiger partial charge in [-0.2, -0.15) is 0 Å². The number of rotatable bonds is 4. The number of thiophene rings is 1. The molecule has 4 nitrogen and oxygen atoms in total. The van der Waals surface area contributed by atoms with E-state index in [4.69, 9.17) is 46.4 Å². The van der Waals surface area contributed by atoms with Crippen LogP contribution in [-0.2, 0) is 0 Å². The molecule has 31 heavy (non-hydrogen) atoms. The minimum atomic E-state index is -0.394. The Kier molecular flexibility index (Phi) is 6.42. The largest absolute Gasteiger partial charge is 0.322 e. The van der Waals surface area contributed by atoms with E-state index in [1.54, 1.807) is 54.6 Å². The standard InChI is InChI=1S/C22H12Cl4N2O2S/c23-11-4-6-15(17(25)8-11)21(29)27-13-2-1-3-14(10-13)28-22(30)20-19(26)16-7-5-12(24)9-18(16)31-20/h1-10H,(H,27,29)(H,28,30). The van der Waals surface area contributed by atoms with E-state index >= 15 is 0 Å². The SMILES string of the molecule is O=C(Nc1cccc(NC(=O)c2sc3cc(Cl)ccc3c2Cl)c1)c1ccc(Cl)cc1Cl. The fourth-order valence-corrected chi connectivity index (χ4v) is 5.10. The van der Waals surface area contributed by atoms with Gasteiger partial charge in [0.25, 0.3) is 11.8 Å². The highest BCUT2D eigenvalue weighted by atomic mass is 35.5. The maximum Gasteiger partial charge on any atom is 0.267 e. The zero-order valence-corrected chi connectivity index (χ0v) is 19.4. The van der Waals surface area contributed by atoms with E-state index in [0.29, 0.717) is 31.3 Å². The van der Waals surface area contributed by atoms with Crippen LogP contribution in [0, 0.1) is 0 Å². The van der Waals surface area contributed by atoms with Crippen molar-refractivity contribution < 1.29 is 9.59 Å². The van der Waals surface area contributed by atoms with E-state index in [1.165, 1.54) is 17.4 Å². The summed E-state index contributed by atoms with van der Waals surface area (Å²) in [6, 6.07) is 16.7. The molecule has 1 heterocycles. The van der Waals surface area contributed by atoms with Gasteiger partial charge in [0.05, 0.1) is 15.6 Å². The zero-order chi connectivity index (χ0) is 22.1. The van der Waals surface area contributed by atoms with Crippen molar-refractivity contribution in [3.05, 3.63) is 91.2 Å². The summed E-state index contributed by atoms with van der Waals surface area (Å²) >= 11 is 25.6. The third-order valence-corrected chi connectivity index (χ3v) is 6.79. The average molecular weight is 510 g/mol. The van der Waals surface area contributed by atoms with Gasteiger partial charge in [0.1, 0.15) is 4.88 Å². The number of hydrogen-bond donors (Lipinski definition) is 2. The van der Waals surface area contributed by atoms with Gasteiger partial charge in [-0.3, -0.25) is 9.59 Å². The van der Waals surface area contributed by atoms with E-state index in [2.05, 4.69) is 10.6 Å². The van der Waals surface area contributed by atoms with Crippen molar-refractivity contribution >= 4 is 91.0 Å². The highest BCUT2D eigenvalue weighted by Gasteiger charge is 2.18. The van der Waals surface area contributed by atoms with Gasteiger partial charge in [0.15, 0.2) is 0 Å². The fourth-order valence-electron chi connectivity index (χ4n) is 2.92. The van der Waals surface area contributed by atoms with Crippen LogP contribution in [0.25, 0.3) is 10.1 Å². The number of fused-ring (bicyclic) bond motifs is 1. The zero-order valence-electron chi connectivity index (χ0n) is 15.5. The Bertz CT molecular complexity index is 1340. The number of carbonyl (C=O) groups is 2. The molecule has 4 rings (SSSR count). The second-order valence-corrected chi connectivity index (χ2v) is 9.21. The van der Waals surface area contributed by atoms with E-state index < -0.39 is 5.91 Å². The number of anilines is 2. The van der Waals surface area contributed by atoms with Crippen LogP contribution in [0.1, 0.15) is 20.0 Å². The molecule has 9 heteroatoms. The van der Waals surface area contributed by atoms with E-state index in [9.17, 15) is 9.59 Å². The summed E-state index contributed by atoms with van der Waals surface area (Å²) in [7, 11) is 0. The molecular formula is C22H12Cl4N2O2S. The van der Waals surface area contributed by atoms with Gasteiger partial charge < -0.3 is 10.6 Å². The maximum absolute atomic E-state index is 12.8. The van der Waals surface area contributed by atoms with Gasteiger partial charge in [0.2, 0.25) is 0 Å². The van der Waals surface area contributed by atoms with Crippen LogP contribution in [0.15, 0.2) is 60.7 Å². The molecule has 0 radical (unpaired) electrons. The average Bonchev–Trinajstić information content (AvgIpc) is 3.04. The predicted molar refractivity (Wildman–Crippen MR) is 131 cm³/mol. The minimum Gasteiger partial charge on any atom is -0.322 e. The molecular weight excluding hydrogens is 498 g/mol. The van der Waals surface area contributed by atoms with Crippen LogP contribution >= 0.6 is 57.7 Å². The lowest BCUT2D eigenvalue weighted by Gasteiger charge is -2.09. The Morgan fingerprint density at radius 1 is 0.742 bits per heavy atom. The molecule has 0 fully saturated rings. The van der Waals surface area contributed by atoms with Crippen LogP contribution < -0.4 is 10.6 Å². The van der Waals surface area contributed by atoms with Crippen LogP contribution in [-0.4, -0.2) is 11.8 Å². The smallest absolute Gasteiger partial charge is 0.267 e. The number of benzene rings is 3. The lowest BCUT2D eigenvalue weighted by Crippen LogP contribution is -2.14. The maximum atomic E-state index is 12.8. The van der Waals surface area contributed by atoms with Crippen molar-refractivity contribution in [3.63, 3.8) is 0 Å². The van der Waals surface area contributed by atoms with Crippen LogP contribution in [0.3, 0.4) is 0 Å². The predicted octanol–water partition coefficient (Wildman–Crippen LogP) is 8.02. The summed E-state index contributed by atoms with van der Waals surface area (Å²) < 4.78 is 0.823. The Balaban J connectivity index is 1.53. The summed E-state index contributed by atoms with van der Waals surface area (Å²) in [5.41, 5.74) is 1.27. The number of hydrogen-bond acceptors (Lipinski definition) is 3. The topological polar surface area (TPSA) is 58.2 Å². The van der Waals surface area contributed by atoms with Gasteiger partial charge in [-0.05, 0) is 48.5 Å². The molecule has 0 aliphatic rings. The van der Waals surface area contributed by atoms with Gasteiger partial charge in [-0.25, -0.2) is 0 Å². The number of amides is 2. The van der Waals surface area contributed by atoms with Crippen LogP contribution in [0.2, 0.25) is 20.1 Å². The Labute approximate surface area is 201 Å².